The van der Waals surface area contributed by atoms with E-state index in [2.05, 4.69) is 9.97 Å². The van der Waals surface area contributed by atoms with Crippen molar-refractivity contribution in [2.24, 2.45) is 0 Å². The second-order valence-electron chi connectivity index (χ2n) is 2.81. The molecule has 0 saturated carbocycles. The number of nitro groups is 1. The number of halogens is 1. The van der Waals surface area contributed by atoms with E-state index in [0.717, 1.165) is 0 Å². The zero-order valence-electron chi connectivity index (χ0n) is 7.35. The summed E-state index contributed by atoms with van der Waals surface area (Å²) in [6, 6.07) is 4.47. The molecule has 15 heavy (non-hydrogen) atoms. The lowest BCUT2D eigenvalue weighted by molar-refractivity contribution is -0.383. The summed E-state index contributed by atoms with van der Waals surface area (Å²) in [5, 5.41) is 11.0. The van der Waals surface area contributed by atoms with Crippen molar-refractivity contribution < 1.29 is 4.92 Å². The van der Waals surface area contributed by atoms with Gasteiger partial charge in [-0.15, -0.1) is 0 Å². The fourth-order valence-electron chi connectivity index (χ4n) is 1.28. The van der Waals surface area contributed by atoms with E-state index < -0.39 is 4.92 Å². The number of nitrogens with two attached hydrogens (primary N) is 1. The first-order chi connectivity index (χ1) is 7.09. The number of hydrogen-bond acceptors (Lipinski definition) is 5. The number of para-hydroxylation sites is 1. The Balaban J connectivity index is 2.91. The average molecular weight is 225 g/mol. The number of fused-ring (bicyclic) bond motifs is 1. The van der Waals surface area contributed by atoms with Gasteiger partial charge in [0.05, 0.1) is 4.92 Å². The minimum Gasteiger partial charge on any atom is -0.383 e. The summed E-state index contributed by atoms with van der Waals surface area (Å²) in [6.07, 6.45) is 0. The Labute approximate surface area is 88.8 Å². The van der Waals surface area contributed by atoms with Crippen LogP contribution in [0, 0.1) is 10.1 Å². The number of nitro benzene ring substituents is 1. The first-order valence-corrected chi connectivity index (χ1v) is 4.33. The SMILES string of the molecule is Nc1nc(Cl)nc2c([N+](=O)[O-])cccc12. The molecule has 76 valence electrons. The van der Waals surface area contributed by atoms with Gasteiger partial charge in [0.15, 0.2) is 5.52 Å². The molecule has 6 nitrogen and oxygen atoms in total. The third kappa shape index (κ3) is 1.55. The maximum absolute atomic E-state index is 10.7. The van der Waals surface area contributed by atoms with Crippen molar-refractivity contribution in [1.82, 2.24) is 9.97 Å². The van der Waals surface area contributed by atoms with Crippen LogP contribution in [0.4, 0.5) is 11.5 Å². The summed E-state index contributed by atoms with van der Waals surface area (Å²) < 4.78 is 0. The highest BCUT2D eigenvalue weighted by Crippen LogP contribution is 2.27. The molecular formula is C8H5ClN4O2. The van der Waals surface area contributed by atoms with Gasteiger partial charge in [-0.1, -0.05) is 6.07 Å². The predicted molar refractivity (Wildman–Crippen MR) is 55.6 cm³/mol. The van der Waals surface area contributed by atoms with E-state index in [1.807, 2.05) is 0 Å². The fourth-order valence-corrected chi connectivity index (χ4v) is 1.46. The standard InChI is InChI=1S/C8H5ClN4O2/c9-8-11-6-4(7(10)12-8)2-1-3-5(6)13(14)15/h1-3H,(H2,10,11,12). The average Bonchev–Trinajstić information content (AvgIpc) is 2.16. The lowest BCUT2D eigenvalue weighted by Gasteiger charge is -2.01. The van der Waals surface area contributed by atoms with Gasteiger partial charge in [-0.25, -0.2) is 9.97 Å². The number of anilines is 1. The van der Waals surface area contributed by atoms with Crippen LogP contribution in [0.25, 0.3) is 10.9 Å². The van der Waals surface area contributed by atoms with E-state index in [9.17, 15) is 10.1 Å². The molecule has 7 heteroatoms. The van der Waals surface area contributed by atoms with Gasteiger partial charge in [0.1, 0.15) is 5.82 Å². The quantitative estimate of drug-likeness (QED) is 0.453. The Hall–Kier alpha value is -1.95. The number of non-ortho nitro benzene ring substituents is 1. The van der Waals surface area contributed by atoms with Crippen LogP contribution >= 0.6 is 11.6 Å². The third-order valence-corrected chi connectivity index (χ3v) is 2.07. The fraction of sp³-hybridized carbons (Fsp3) is 0. The molecule has 1 aromatic carbocycles. The van der Waals surface area contributed by atoms with Crippen LogP contribution in [-0.4, -0.2) is 14.9 Å². The maximum atomic E-state index is 10.7. The molecule has 2 aromatic rings. The zero-order valence-corrected chi connectivity index (χ0v) is 8.10. The van der Waals surface area contributed by atoms with Crippen molar-refractivity contribution in [3.8, 4) is 0 Å². The van der Waals surface area contributed by atoms with Crippen LogP contribution in [0.5, 0.6) is 0 Å². The molecule has 0 spiro atoms. The molecule has 0 aliphatic rings. The molecule has 1 aromatic heterocycles. The molecule has 0 amide bonds. The largest absolute Gasteiger partial charge is 0.383 e. The molecule has 0 fully saturated rings. The Kier molecular flexibility index (Phi) is 2.12. The molecule has 0 aliphatic heterocycles. The first-order valence-electron chi connectivity index (χ1n) is 3.95. The molecule has 0 atom stereocenters. The smallest absolute Gasteiger partial charge is 0.295 e. The van der Waals surface area contributed by atoms with E-state index in [1.54, 1.807) is 6.07 Å². The van der Waals surface area contributed by atoms with Crippen molar-refractivity contribution in [2.75, 3.05) is 5.73 Å². The third-order valence-electron chi connectivity index (χ3n) is 1.90. The molecule has 0 aliphatic carbocycles. The Morgan fingerprint density at radius 2 is 2.13 bits per heavy atom. The number of nitrogen functional groups attached to an aromatic ring is 1. The summed E-state index contributed by atoms with van der Waals surface area (Å²) in [5.74, 6) is 0.133. The predicted octanol–water partition coefficient (Wildman–Crippen LogP) is 1.77. The van der Waals surface area contributed by atoms with Crippen LogP contribution in [0.3, 0.4) is 0 Å². The monoisotopic (exact) mass is 224 g/mol. The van der Waals surface area contributed by atoms with Crippen LogP contribution < -0.4 is 5.73 Å². The van der Waals surface area contributed by atoms with Crippen molar-refractivity contribution in [1.29, 1.82) is 0 Å². The van der Waals surface area contributed by atoms with Crippen LogP contribution in [0.1, 0.15) is 0 Å². The van der Waals surface area contributed by atoms with Crippen LogP contribution in [-0.2, 0) is 0 Å². The zero-order chi connectivity index (χ0) is 11.0. The highest BCUT2D eigenvalue weighted by Gasteiger charge is 2.15. The molecule has 1 heterocycles. The number of aromatic nitrogens is 2. The minimum atomic E-state index is -0.537. The van der Waals surface area contributed by atoms with Gasteiger partial charge >= 0.3 is 0 Å². The molecule has 0 saturated heterocycles. The van der Waals surface area contributed by atoms with Crippen molar-refractivity contribution >= 4 is 34.0 Å². The molecule has 0 unspecified atom stereocenters. The summed E-state index contributed by atoms with van der Waals surface area (Å²) >= 11 is 5.58. The lowest BCUT2D eigenvalue weighted by atomic mass is 10.2. The summed E-state index contributed by atoms with van der Waals surface area (Å²) in [5.41, 5.74) is 5.59. The van der Waals surface area contributed by atoms with E-state index in [0.29, 0.717) is 5.39 Å². The van der Waals surface area contributed by atoms with Gasteiger partial charge in [0.2, 0.25) is 5.28 Å². The van der Waals surface area contributed by atoms with E-state index in [4.69, 9.17) is 17.3 Å². The summed E-state index contributed by atoms with van der Waals surface area (Å²) in [6.45, 7) is 0. The van der Waals surface area contributed by atoms with Crippen molar-refractivity contribution in [3.63, 3.8) is 0 Å². The van der Waals surface area contributed by atoms with E-state index in [-0.39, 0.29) is 22.3 Å². The van der Waals surface area contributed by atoms with Gasteiger partial charge in [-0.3, -0.25) is 10.1 Å². The Morgan fingerprint density at radius 3 is 2.80 bits per heavy atom. The highest BCUT2D eigenvalue weighted by molar-refractivity contribution is 6.29. The number of hydrogen-bond donors (Lipinski definition) is 1. The van der Waals surface area contributed by atoms with Gasteiger partial charge in [0, 0.05) is 11.5 Å². The lowest BCUT2D eigenvalue weighted by Crippen LogP contribution is -1.98. The van der Waals surface area contributed by atoms with E-state index >= 15 is 0 Å². The van der Waals surface area contributed by atoms with Gasteiger partial charge in [-0.05, 0) is 17.7 Å². The Morgan fingerprint density at radius 1 is 1.40 bits per heavy atom. The molecule has 0 radical (unpaired) electrons. The first kappa shape index (κ1) is 9.60. The van der Waals surface area contributed by atoms with Gasteiger partial charge < -0.3 is 5.73 Å². The van der Waals surface area contributed by atoms with Crippen LogP contribution in [0.2, 0.25) is 5.28 Å². The Bertz CT molecular complexity index is 558. The number of rotatable bonds is 1. The number of nitrogens with zero attached hydrogens (tertiary/aromatic N) is 3. The normalized spacial score (nSPS) is 10.5. The van der Waals surface area contributed by atoms with Crippen molar-refractivity contribution in [3.05, 3.63) is 33.6 Å². The molecule has 2 N–H and O–H groups in total. The topological polar surface area (TPSA) is 94.9 Å². The second-order valence-corrected chi connectivity index (χ2v) is 3.15. The second kappa shape index (κ2) is 3.32. The van der Waals surface area contributed by atoms with Crippen molar-refractivity contribution in [2.45, 2.75) is 0 Å². The summed E-state index contributed by atoms with van der Waals surface area (Å²) in [7, 11) is 0. The van der Waals surface area contributed by atoms with Gasteiger partial charge in [-0.2, -0.15) is 0 Å². The molecular weight excluding hydrogens is 220 g/mol. The summed E-state index contributed by atoms with van der Waals surface area (Å²) in [4.78, 5) is 17.7. The maximum Gasteiger partial charge on any atom is 0.295 e. The molecule has 2 rings (SSSR count). The van der Waals surface area contributed by atoms with Gasteiger partial charge in [0.25, 0.3) is 5.69 Å². The minimum absolute atomic E-state index is 0.103. The number of benzene rings is 1. The molecule has 0 bridgehead atoms. The van der Waals surface area contributed by atoms with E-state index in [1.165, 1.54) is 12.1 Å². The van der Waals surface area contributed by atoms with Crippen LogP contribution in [0.15, 0.2) is 18.2 Å². The highest BCUT2D eigenvalue weighted by atomic mass is 35.5.